The maximum absolute atomic E-state index is 11.5. The van der Waals surface area contributed by atoms with Crippen LogP contribution in [-0.4, -0.2) is 43.7 Å². The van der Waals surface area contributed by atoms with Gasteiger partial charge in [0.15, 0.2) is 0 Å². The number of fused-ring (bicyclic) bond motifs is 1. The van der Waals surface area contributed by atoms with Crippen molar-refractivity contribution in [2.75, 3.05) is 18.8 Å². The summed E-state index contributed by atoms with van der Waals surface area (Å²) in [7, 11) is 0. The summed E-state index contributed by atoms with van der Waals surface area (Å²) in [5.41, 5.74) is 10.1. The van der Waals surface area contributed by atoms with E-state index >= 15 is 0 Å². The fourth-order valence-electron chi connectivity index (χ4n) is 4.70. The van der Waals surface area contributed by atoms with E-state index in [1.807, 2.05) is 54.6 Å². The second-order valence-electron chi connectivity index (χ2n) is 8.11. The fraction of sp³-hybridized carbons (Fsp3) is 0.240. The van der Waals surface area contributed by atoms with Crippen LogP contribution in [0.2, 0.25) is 0 Å². The molecule has 1 amide bonds. The number of likely N-dealkylation sites (tertiary alicyclic amines) is 1. The van der Waals surface area contributed by atoms with Gasteiger partial charge < -0.3 is 25.0 Å². The molecule has 1 unspecified atom stereocenters. The zero-order valence-corrected chi connectivity index (χ0v) is 18.3. The molecule has 33 heavy (non-hydrogen) atoms. The molecule has 1 atom stereocenters. The summed E-state index contributed by atoms with van der Waals surface area (Å²) in [4.78, 5) is 21.8. The molecule has 2 aromatic carbocycles. The van der Waals surface area contributed by atoms with E-state index < -0.39 is 6.09 Å². The molecule has 0 aliphatic carbocycles. The maximum Gasteiger partial charge on any atom is 0.407 e. The lowest BCUT2D eigenvalue weighted by Crippen LogP contribution is -2.27. The van der Waals surface area contributed by atoms with Gasteiger partial charge in [-0.1, -0.05) is 37.3 Å². The standard InChI is InChI=1S/C25H25N5O3/c1-2-20-21(16-8-10-19(11-9-16)33-18-6-4-3-5-7-18)22-23(26)27-15-28-24(22)30(20)17-12-13-29(14-17)25(31)32/h3-11,15,17H,2,12-14H2,1H3,(H,31,32)(H2,26,27,28). The van der Waals surface area contributed by atoms with E-state index in [0.29, 0.717) is 18.9 Å². The first-order valence-corrected chi connectivity index (χ1v) is 11.0. The van der Waals surface area contributed by atoms with Crippen molar-refractivity contribution in [2.24, 2.45) is 0 Å². The van der Waals surface area contributed by atoms with Gasteiger partial charge in [0.05, 0.1) is 11.4 Å². The average molecular weight is 444 g/mol. The van der Waals surface area contributed by atoms with Gasteiger partial charge in [-0.2, -0.15) is 0 Å². The molecule has 0 saturated carbocycles. The molecule has 0 bridgehead atoms. The van der Waals surface area contributed by atoms with E-state index in [-0.39, 0.29) is 6.04 Å². The Bertz CT molecular complexity index is 1300. The van der Waals surface area contributed by atoms with E-state index in [0.717, 1.165) is 52.2 Å². The fourth-order valence-corrected chi connectivity index (χ4v) is 4.70. The second-order valence-corrected chi connectivity index (χ2v) is 8.11. The van der Waals surface area contributed by atoms with Crippen molar-refractivity contribution in [3.63, 3.8) is 0 Å². The molecule has 3 N–H and O–H groups in total. The highest BCUT2D eigenvalue weighted by Gasteiger charge is 2.32. The molecular formula is C25H25N5O3. The smallest absolute Gasteiger partial charge is 0.407 e. The summed E-state index contributed by atoms with van der Waals surface area (Å²) in [6.45, 7) is 3.03. The zero-order valence-electron chi connectivity index (χ0n) is 18.3. The normalized spacial score (nSPS) is 15.8. The highest BCUT2D eigenvalue weighted by atomic mass is 16.5. The molecule has 8 nitrogen and oxygen atoms in total. The number of benzene rings is 2. The van der Waals surface area contributed by atoms with Crippen molar-refractivity contribution >= 4 is 22.9 Å². The lowest BCUT2D eigenvalue weighted by Gasteiger charge is -2.18. The minimum atomic E-state index is -0.893. The third kappa shape index (κ3) is 3.73. The van der Waals surface area contributed by atoms with Gasteiger partial charge in [-0.15, -0.1) is 0 Å². The van der Waals surface area contributed by atoms with E-state index in [9.17, 15) is 9.90 Å². The predicted octanol–water partition coefficient (Wildman–Crippen LogP) is 4.96. The van der Waals surface area contributed by atoms with E-state index in [4.69, 9.17) is 10.5 Å². The van der Waals surface area contributed by atoms with Crippen LogP contribution in [0.4, 0.5) is 10.6 Å². The quantitative estimate of drug-likeness (QED) is 0.451. The van der Waals surface area contributed by atoms with Crippen LogP contribution in [0.15, 0.2) is 60.9 Å². The number of para-hydroxylation sites is 1. The number of nitrogen functional groups attached to an aromatic ring is 1. The second kappa shape index (κ2) is 8.46. The molecule has 168 valence electrons. The number of carboxylic acid groups (broad SMARTS) is 1. The van der Waals surface area contributed by atoms with Gasteiger partial charge in [0.25, 0.3) is 0 Å². The van der Waals surface area contributed by atoms with Crippen molar-refractivity contribution in [2.45, 2.75) is 25.8 Å². The number of aromatic nitrogens is 3. The summed E-state index contributed by atoms with van der Waals surface area (Å²) in [6.07, 6.45) is 2.06. The van der Waals surface area contributed by atoms with Crippen LogP contribution in [0, 0.1) is 0 Å². The highest BCUT2D eigenvalue weighted by molar-refractivity contribution is 6.02. The van der Waals surface area contributed by atoms with E-state index in [1.54, 1.807) is 0 Å². The Balaban J connectivity index is 1.59. The van der Waals surface area contributed by atoms with Crippen molar-refractivity contribution < 1.29 is 14.6 Å². The van der Waals surface area contributed by atoms with Crippen LogP contribution < -0.4 is 10.5 Å². The topological polar surface area (TPSA) is 107 Å². The number of ether oxygens (including phenoxy) is 1. The summed E-state index contributed by atoms with van der Waals surface area (Å²) < 4.78 is 8.11. The SMILES string of the molecule is CCc1c(-c2ccc(Oc3ccccc3)cc2)c2c(N)ncnc2n1C1CCN(C(=O)O)C1. The van der Waals surface area contributed by atoms with E-state index in [1.165, 1.54) is 11.2 Å². The largest absolute Gasteiger partial charge is 0.465 e. The lowest BCUT2D eigenvalue weighted by atomic mass is 10.0. The predicted molar refractivity (Wildman–Crippen MR) is 127 cm³/mol. The van der Waals surface area contributed by atoms with Crippen LogP contribution in [0.1, 0.15) is 25.1 Å². The number of nitrogens with two attached hydrogens (primary N) is 1. The average Bonchev–Trinajstić information content (AvgIpc) is 3.44. The van der Waals surface area contributed by atoms with Crippen molar-refractivity contribution in [1.82, 2.24) is 19.4 Å². The van der Waals surface area contributed by atoms with Crippen LogP contribution >= 0.6 is 0 Å². The van der Waals surface area contributed by atoms with Gasteiger partial charge in [0.1, 0.15) is 29.3 Å². The first-order chi connectivity index (χ1) is 16.1. The summed E-state index contributed by atoms with van der Waals surface area (Å²) >= 11 is 0. The number of anilines is 1. The first kappa shape index (κ1) is 20.8. The Kier molecular flexibility index (Phi) is 5.34. The number of hydrogen-bond donors (Lipinski definition) is 2. The van der Waals surface area contributed by atoms with Gasteiger partial charge in [-0.25, -0.2) is 14.8 Å². The Morgan fingerprint density at radius 1 is 1.12 bits per heavy atom. The zero-order chi connectivity index (χ0) is 22.9. The molecule has 1 aliphatic heterocycles. The molecule has 1 fully saturated rings. The Hall–Kier alpha value is -4.07. The molecule has 5 rings (SSSR count). The van der Waals surface area contributed by atoms with Gasteiger partial charge in [0.2, 0.25) is 0 Å². The third-order valence-corrected chi connectivity index (χ3v) is 6.17. The third-order valence-electron chi connectivity index (χ3n) is 6.17. The Labute approximate surface area is 191 Å². The monoisotopic (exact) mass is 443 g/mol. The van der Waals surface area contributed by atoms with Crippen molar-refractivity contribution in [1.29, 1.82) is 0 Å². The van der Waals surface area contributed by atoms with Crippen LogP contribution in [0.25, 0.3) is 22.2 Å². The van der Waals surface area contributed by atoms with E-state index in [2.05, 4.69) is 21.5 Å². The number of carbonyl (C=O) groups is 1. The lowest BCUT2D eigenvalue weighted by molar-refractivity contribution is 0.154. The minimum absolute atomic E-state index is 0.00212. The number of nitrogens with zero attached hydrogens (tertiary/aromatic N) is 4. The highest BCUT2D eigenvalue weighted by Crippen LogP contribution is 2.41. The summed E-state index contributed by atoms with van der Waals surface area (Å²) in [6, 6.07) is 17.6. The molecule has 8 heteroatoms. The molecule has 4 aromatic rings. The first-order valence-electron chi connectivity index (χ1n) is 11.0. The van der Waals surface area contributed by atoms with Gasteiger partial charge in [-0.3, -0.25) is 0 Å². The van der Waals surface area contributed by atoms with Crippen LogP contribution in [0.5, 0.6) is 11.5 Å². The summed E-state index contributed by atoms with van der Waals surface area (Å²) in [5, 5.41) is 10.2. The molecular weight excluding hydrogens is 418 g/mol. The molecule has 3 heterocycles. The molecule has 0 radical (unpaired) electrons. The Morgan fingerprint density at radius 3 is 2.52 bits per heavy atom. The number of rotatable bonds is 5. The Morgan fingerprint density at radius 2 is 1.85 bits per heavy atom. The van der Waals surface area contributed by atoms with Crippen molar-refractivity contribution in [3.8, 4) is 22.6 Å². The van der Waals surface area contributed by atoms with Crippen molar-refractivity contribution in [3.05, 3.63) is 66.6 Å². The van der Waals surface area contributed by atoms with Crippen LogP contribution in [0.3, 0.4) is 0 Å². The van der Waals surface area contributed by atoms with Gasteiger partial charge in [0, 0.05) is 24.3 Å². The molecule has 1 aliphatic rings. The maximum atomic E-state index is 11.5. The van der Waals surface area contributed by atoms with Gasteiger partial charge >= 0.3 is 6.09 Å². The van der Waals surface area contributed by atoms with Gasteiger partial charge in [-0.05, 0) is 42.7 Å². The molecule has 2 aromatic heterocycles. The minimum Gasteiger partial charge on any atom is -0.465 e. The van der Waals surface area contributed by atoms with Crippen LogP contribution in [-0.2, 0) is 6.42 Å². The number of amides is 1. The molecule has 0 spiro atoms. The summed E-state index contributed by atoms with van der Waals surface area (Å²) in [5.74, 6) is 1.93. The number of hydrogen-bond acceptors (Lipinski definition) is 5. The molecule has 1 saturated heterocycles.